The minimum absolute atomic E-state index is 0.104. The largest absolute Gasteiger partial charge is 0.376 e. The molecule has 1 aromatic heterocycles. The van der Waals surface area contributed by atoms with Gasteiger partial charge in [0.2, 0.25) is 0 Å². The fourth-order valence-electron chi connectivity index (χ4n) is 3.37. The van der Waals surface area contributed by atoms with Gasteiger partial charge in [-0.25, -0.2) is 4.98 Å². The van der Waals surface area contributed by atoms with E-state index in [2.05, 4.69) is 9.88 Å². The molecule has 3 heterocycles. The first-order valence-corrected chi connectivity index (χ1v) is 8.58. The van der Waals surface area contributed by atoms with Gasteiger partial charge in [-0.1, -0.05) is 0 Å². The van der Waals surface area contributed by atoms with Gasteiger partial charge in [-0.3, -0.25) is 9.36 Å². The molecular weight excluding hydrogens is 294 g/mol. The minimum atomic E-state index is 0.104. The Morgan fingerprint density at radius 2 is 2.00 bits per heavy atom. The summed E-state index contributed by atoms with van der Waals surface area (Å²) in [6.07, 6.45) is 4.15. The number of hydrogen-bond acceptors (Lipinski definition) is 5. The average Bonchev–Trinajstić information content (AvgIpc) is 2.58. The molecule has 1 unspecified atom stereocenters. The number of aryl methyl sites for hydroxylation is 1. The van der Waals surface area contributed by atoms with Gasteiger partial charge in [-0.2, -0.15) is 0 Å². The first-order chi connectivity index (χ1) is 11.1. The van der Waals surface area contributed by atoms with Crippen molar-refractivity contribution in [3.8, 4) is 0 Å². The van der Waals surface area contributed by atoms with Crippen molar-refractivity contribution >= 4 is 0 Å². The number of nitrogens with zero attached hydrogens (tertiary/aromatic N) is 3. The topological polar surface area (TPSA) is 56.6 Å². The van der Waals surface area contributed by atoms with Crippen molar-refractivity contribution < 1.29 is 9.47 Å². The van der Waals surface area contributed by atoms with Crippen LogP contribution in [-0.2, 0) is 16.0 Å². The summed E-state index contributed by atoms with van der Waals surface area (Å²) < 4.78 is 13.0. The van der Waals surface area contributed by atoms with Crippen molar-refractivity contribution in [3.63, 3.8) is 0 Å². The first-order valence-electron chi connectivity index (χ1n) is 8.58. The second-order valence-electron chi connectivity index (χ2n) is 6.72. The lowest BCUT2D eigenvalue weighted by molar-refractivity contribution is -0.0994. The number of hydrogen-bond donors (Lipinski definition) is 0. The summed E-state index contributed by atoms with van der Waals surface area (Å²) in [6, 6.07) is 0. The van der Waals surface area contributed by atoms with Gasteiger partial charge in [-0.05, 0) is 45.7 Å². The molecule has 0 spiro atoms. The van der Waals surface area contributed by atoms with Gasteiger partial charge in [0.05, 0.1) is 32.3 Å². The third-order valence-electron chi connectivity index (χ3n) is 5.02. The van der Waals surface area contributed by atoms with Gasteiger partial charge >= 0.3 is 0 Å². The molecule has 2 saturated heterocycles. The third kappa shape index (κ3) is 4.19. The van der Waals surface area contributed by atoms with E-state index in [0.717, 1.165) is 56.9 Å². The molecule has 6 nitrogen and oxygen atoms in total. The summed E-state index contributed by atoms with van der Waals surface area (Å²) in [4.78, 5) is 19.0. The first kappa shape index (κ1) is 16.6. The van der Waals surface area contributed by atoms with Crippen LogP contribution in [0.4, 0.5) is 0 Å². The van der Waals surface area contributed by atoms with E-state index >= 15 is 0 Å². The highest BCUT2D eigenvalue weighted by Gasteiger charge is 2.24. The lowest BCUT2D eigenvalue weighted by atomic mass is 9.96. The van der Waals surface area contributed by atoms with Gasteiger partial charge in [0, 0.05) is 24.3 Å². The van der Waals surface area contributed by atoms with Crippen LogP contribution in [0.5, 0.6) is 0 Å². The van der Waals surface area contributed by atoms with E-state index in [9.17, 15) is 4.79 Å². The fraction of sp³-hybridized carbons (Fsp3) is 0.765. The van der Waals surface area contributed by atoms with Crippen LogP contribution in [0.3, 0.4) is 0 Å². The number of rotatable bonds is 4. The molecular formula is C17H27N3O3. The van der Waals surface area contributed by atoms with E-state index in [1.807, 2.05) is 13.8 Å². The van der Waals surface area contributed by atoms with Crippen LogP contribution in [0.25, 0.3) is 0 Å². The van der Waals surface area contributed by atoms with Crippen LogP contribution in [0.15, 0.2) is 11.1 Å². The highest BCUT2D eigenvalue weighted by Crippen LogP contribution is 2.19. The maximum Gasteiger partial charge on any atom is 0.256 e. The monoisotopic (exact) mass is 321 g/mol. The highest BCUT2D eigenvalue weighted by atomic mass is 16.6. The second-order valence-corrected chi connectivity index (χ2v) is 6.72. The number of aromatic nitrogens is 2. The quantitative estimate of drug-likeness (QED) is 0.828. The summed E-state index contributed by atoms with van der Waals surface area (Å²) in [5.74, 6) is 0.552. The molecule has 0 N–H and O–H groups in total. The molecule has 0 radical (unpaired) electrons. The second kappa shape index (κ2) is 7.55. The van der Waals surface area contributed by atoms with E-state index in [4.69, 9.17) is 9.47 Å². The van der Waals surface area contributed by atoms with Crippen LogP contribution in [0.2, 0.25) is 0 Å². The minimum Gasteiger partial charge on any atom is -0.376 e. The van der Waals surface area contributed by atoms with Crippen LogP contribution in [0.1, 0.15) is 24.1 Å². The van der Waals surface area contributed by atoms with Crippen molar-refractivity contribution in [1.29, 1.82) is 0 Å². The predicted octanol–water partition coefficient (Wildman–Crippen LogP) is 0.988. The van der Waals surface area contributed by atoms with E-state index in [-0.39, 0.29) is 11.7 Å². The molecule has 2 aliphatic heterocycles. The van der Waals surface area contributed by atoms with Gasteiger partial charge in [0.15, 0.2) is 0 Å². The van der Waals surface area contributed by atoms with Gasteiger partial charge < -0.3 is 14.4 Å². The van der Waals surface area contributed by atoms with Crippen LogP contribution >= 0.6 is 0 Å². The Morgan fingerprint density at radius 1 is 1.22 bits per heavy atom. The standard InChI is InChI=1S/C17H27N3O3/c1-13-14(2)18-12-20(17(13)21)9-15-3-5-19(6-4-15)10-16-11-22-7-8-23-16/h12,15-16H,3-11H2,1-2H3. The Hall–Kier alpha value is -1.24. The van der Waals surface area contributed by atoms with E-state index in [0.29, 0.717) is 19.1 Å². The number of piperidine rings is 1. The SMILES string of the molecule is Cc1ncn(CC2CCN(CC3COCCO3)CC2)c(=O)c1C. The molecule has 2 fully saturated rings. The molecule has 0 amide bonds. The predicted molar refractivity (Wildman–Crippen MR) is 87.7 cm³/mol. The van der Waals surface area contributed by atoms with Crippen molar-refractivity contribution in [3.05, 3.63) is 27.9 Å². The Morgan fingerprint density at radius 3 is 2.70 bits per heavy atom. The molecule has 0 aliphatic carbocycles. The van der Waals surface area contributed by atoms with Crippen LogP contribution in [-0.4, -0.2) is 60.0 Å². The molecule has 128 valence electrons. The zero-order valence-corrected chi connectivity index (χ0v) is 14.2. The molecule has 6 heteroatoms. The lowest BCUT2D eigenvalue weighted by Gasteiger charge is -2.35. The van der Waals surface area contributed by atoms with E-state index < -0.39 is 0 Å². The van der Waals surface area contributed by atoms with E-state index in [1.54, 1.807) is 10.9 Å². The highest BCUT2D eigenvalue weighted by molar-refractivity contribution is 5.12. The summed E-state index contributed by atoms with van der Waals surface area (Å²) in [7, 11) is 0. The normalized spacial score (nSPS) is 24.0. The average molecular weight is 321 g/mol. The van der Waals surface area contributed by atoms with Crippen LogP contribution < -0.4 is 5.56 Å². The Balaban J connectivity index is 1.49. The maximum absolute atomic E-state index is 12.3. The summed E-state index contributed by atoms with van der Waals surface area (Å²) in [5, 5.41) is 0. The summed E-state index contributed by atoms with van der Waals surface area (Å²) >= 11 is 0. The molecule has 3 rings (SSSR count). The van der Waals surface area contributed by atoms with Crippen LogP contribution in [0, 0.1) is 19.8 Å². The maximum atomic E-state index is 12.3. The van der Waals surface area contributed by atoms with Crippen molar-refractivity contribution in [2.75, 3.05) is 39.5 Å². The van der Waals surface area contributed by atoms with Crippen molar-refractivity contribution in [2.24, 2.45) is 5.92 Å². The van der Waals surface area contributed by atoms with Crippen molar-refractivity contribution in [1.82, 2.24) is 14.5 Å². The Kier molecular flexibility index (Phi) is 5.46. The number of ether oxygens (including phenoxy) is 2. The summed E-state index contributed by atoms with van der Waals surface area (Å²) in [6.45, 7) is 9.76. The molecule has 0 saturated carbocycles. The van der Waals surface area contributed by atoms with E-state index in [1.165, 1.54) is 0 Å². The number of likely N-dealkylation sites (tertiary alicyclic amines) is 1. The summed E-state index contributed by atoms with van der Waals surface area (Å²) in [5.41, 5.74) is 1.70. The Bertz CT molecular complexity index is 573. The molecule has 2 aliphatic rings. The fourth-order valence-corrected chi connectivity index (χ4v) is 3.37. The smallest absolute Gasteiger partial charge is 0.256 e. The Labute approximate surface area is 137 Å². The molecule has 0 bridgehead atoms. The van der Waals surface area contributed by atoms with Gasteiger partial charge in [0.25, 0.3) is 5.56 Å². The van der Waals surface area contributed by atoms with Crippen molar-refractivity contribution in [2.45, 2.75) is 39.3 Å². The third-order valence-corrected chi connectivity index (χ3v) is 5.02. The molecule has 1 aromatic rings. The zero-order chi connectivity index (χ0) is 16.2. The molecule has 1 atom stereocenters. The zero-order valence-electron chi connectivity index (χ0n) is 14.2. The van der Waals surface area contributed by atoms with Gasteiger partial charge in [-0.15, -0.1) is 0 Å². The van der Waals surface area contributed by atoms with Gasteiger partial charge in [0.1, 0.15) is 0 Å². The molecule has 23 heavy (non-hydrogen) atoms. The lowest BCUT2D eigenvalue weighted by Crippen LogP contribution is -2.44. The molecule has 0 aromatic carbocycles.